The van der Waals surface area contributed by atoms with E-state index < -0.39 is 17.6 Å². The highest BCUT2D eigenvalue weighted by Crippen LogP contribution is 2.25. The van der Waals surface area contributed by atoms with Crippen molar-refractivity contribution in [3.8, 4) is 11.8 Å². The normalized spacial score (nSPS) is 13.5. The fourth-order valence-corrected chi connectivity index (χ4v) is 2.95. The number of nitrogens with one attached hydrogen (secondary N) is 1. The zero-order valence-electron chi connectivity index (χ0n) is 17.0. The Bertz CT molecular complexity index is 1110. The molecule has 1 aliphatic heterocycles. The molecule has 0 spiro atoms. The van der Waals surface area contributed by atoms with Gasteiger partial charge in [0.2, 0.25) is 11.9 Å². The summed E-state index contributed by atoms with van der Waals surface area (Å²) >= 11 is 0. The first kappa shape index (κ1) is 21.4. The number of hydrogen-bond acceptors (Lipinski definition) is 9. The van der Waals surface area contributed by atoms with Crippen LogP contribution in [0.2, 0.25) is 0 Å². The lowest BCUT2D eigenvalue weighted by atomic mass is 10.2. The van der Waals surface area contributed by atoms with Gasteiger partial charge in [0.15, 0.2) is 0 Å². The topological polar surface area (TPSA) is 98.7 Å². The second-order valence-electron chi connectivity index (χ2n) is 6.71. The number of carbonyl (C=O) groups excluding carboxylic acids is 1. The zero-order chi connectivity index (χ0) is 22.5. The van der Waals surface area contributed by atoms with E-state index in [1.165, 1.54) is 25.3 Å². The minimum atomic E-state index is -0.792. The van der Waals surface area contributed by atoms with Crippen LogP contribution in [0.1, 0.15) is 10.4 Å². The third kappa shape index (κ3) is 5.06. The summed E-state index contributed by atoms with van der Waals surface area (Å²) < 4.78 is 43.1. The van der Waals surface area contributed by atoms with Crippen LogP contribution in [0.15, 0.2) is 42.5 Å². The van der Waals surface area contributed by atoms with Gasteiger partial charge in [-0.3, -0.25) is 0 Å². The Morgan fingerprint density at radius 2 is 1.81 bits per heavy atom. The molecule has 11 heteroatoms. The number of hydrogen-bond donors (Lipinski definition) is 1. The fraction of sp³-hybridized carbons (Fsp3) is 0.238. The summed E-state index contributed by atoms with van der Waals surface area (Å²) in [6, 6.07) is 9.29. The van der Waals surface area contributed by atoms with E-state index in [1.807, 2.05) is 4.90 Å². The number of methoxy groups -OCH3 is 1. The third-order valence-corrected chi connectivity index (χ3v) is 4.56. The Morgan fingerprint density at radius 3 is 2.50 bits per heavy atom. The number of morpholine rings is 1. The lowest BCUT2D eigenvalue weighted by Crippen LogP contribution is -2.37. The van der Waals surface area contributed by atoms with Gasteiger partial charge in [-0.15, -0.1) is 0 Å². The number of rotatable bonds is 6. The lowest BCUT2D eigenvalue weighted by molar-refractivity contribution is 0.0600. The smallest absolute Gasteiger partial charge is 0.337 e. The Balaban J connectivity index is 1.62. The van der Waals surface area contributed by atoms with Crippen molar-refractivity contribution in [1.82, 2.24) is 15.0 Å². The first-order valence-corrected chi connectivity index (χ1v) is 9.69. The quantitative estimate of drug-likeness (QED) is 0.575. The largest absolute Gasteiger partial charge is 0.465 e. The first-order valence-electron chi connectivity index (χ1n) is 9.69. The molecule has 0 atom stereocenters. The van der Waals surface area contributed by atoms with Gasteiger partial charge < -0.3 is 24.4 Å². The van der Waals surface area contributed by atoms with Crippen molar-refractivity contribution < 1.29 is 27.8 Å². The summed E-state index contributed by atoms with van der Waals surface area (Å²) in [6.07, 6.45) is 0. The minimum absolute atomic E-state index is 0.00101. The number of carbonyl (C=O) groups is 1. The molecule has 9 nitrogen and oxygen atoms in total. The highest BCUT2D eigenvalue weighted by atomic mass is 19.1. The molecule has 2 heterocycles. The molecule has 4 rings (SSSR count). The molecule has 1 aliphatic rings. The standard InChI is InChI=1S/C21H19F2N5O4/c1-30-18(29)13-2-5-15(6-3-13)32-21-26-19(24-17-7-4-14(22)12-16(17)23)25-20(27-21)28-8-10-31-11-9-28/h2-7,12H,8-11H2,1H3,(H,24,25,26,27). The van der Waals surface area contributed by atoms with E-state index in [1.54, 1.807) is 12.1 Å². The average Bonchev–Trinajstić information content (AvgIpc) is 2.81. The van der Waals surface area contributed by atoms with E-state index in [9.17, 15) is 13.6 Å². The van der Waals surface area contributed by atoms with Gasteiger partial charge in [0.25, 0.3) is 0 Å². The van der Waals surface area contributed by atoms with Crippen molar-refractivity contribution in [2.24, 2.45) is 0 Å². The van der Waals surface area contributed by atoms with Gasteiger partial charge in [0.05, 0.1) is 31.6 Å². The van der Waals surface area contributed by atoms with Gasteiger partial charge in [-0.25, -0.2) is 13.6 Å². The summed E-state index contributed by atoms with van der Waals surface area (Å²) in [5, 5.41) is 2.73. The molecule has 0 aliphatic carbocycles. The van der Waals surface area contributed by atoms with E-state index in [2.05, 4.69) is 25.0 Å². The summed E-state index contributed by atoms with van der Waals surface area (Å²) in [5.41, 5.74) is 0.359. The molecule has 1 aromatic heterocycles. The second-order valence-corrected chi connectivity index (χ2v) is 6.71. The van der Waals surface area contributed by atoms with E-state index in [4.69, 9.17) is 9.47 Å². The fourth-order valence-electron chi connectivity index (χ4n) is 2.95. The number of nitrogens with zero attached hydrogens (tertiary/aromatic N) is 4. The van der Waals surface area contributed by atoms with Crippen LogP contribution in [0.25, 0.3) is 0 Å². The van der Waals surface area contributed by atoms with Crippen LogP contribution in [0.3, 0.4) is 0 Å². The molecule has 0 unspecified atom stereocenters. The van der Waals surface area contributed by atoms with Crippen LogP contribution in [0.4, 0.5) is 26.4 Å². The molecule has 0 radical (unpaired) electrons. The number of anilines is 3. The maximum Gasteiger partial charge on any atom is 0.337 e. The maximum atomic E-state index is 14.1. The van der Waals surface area contributed by atoms with Crippen molar-refractivity contribution in [1.29, 1.82) is 0 Å². The summed E-state index contributed by atoms with van der Waals surface area (Å²) in [7, 11) is 1.29. The monoisotopic (exact) mass is 443 g/mol. The van der Waals surface area contributed by atoms with Gasteiger partial charge in [0.1, 0.15) is 17.4 Å². The van der Waals surface area contributed by atoms with E-state index in [0.717, 1.165) is 12.1 Å². The minimum Gasteiger partial charge on any atom is -0.465 e. The molecule has 0 amide bonds. The van der Waals surface area contributed by atoms with Crippen LogP contribution < -0.4 is 15.0 Å². The predicted octanol–water partition coefficient (Wildman–Crippen LogP) is 3.31. The average molecular weight is 443 g/mol. The third-order valence-electron chi connectivity index (χ3n) is 4.56. The number of esters is 1. The highest BCUT2D eigenvalue weighted by Gasteiger charge is 2.18. The van der Waals surface area contributed by atoms with Crippen molar-refractivity contribution in [2.45, 2.75) is 0 Å². The Kier molecular flexibility index (Phi) is 6.36. The molecule has 0 bridgehead atoms. The lowest BCUT2D eigenvalue weighted by Gasteiger charge is -2.27. The van der Waals surface area contributed by atoms with E-state index in [0.29, 0.717) is 43.6 Å². The maximum absolute atomic E-state index is 14.1. The molecule has 32 heavy (non-hydrogen) atoms. The Hall–Kier alpha value is -3.86. The summed E-state index contributed by atoms with van der Waals surface area (Å²) in [6.45, 7) is 2.13. The molecule has 2 aromatic carbocycles. The Morgan fingerprint density at radius 1 is 1.06 bits per heavy atom. The van der Waals surface area contributed by atoms with Crippen LogP contribution >= 0.6 is 0 Å². The molecule has 3 aromatic rings. The van der Waals surface area contributed by atoms with Crippen molar-refractivity contribution in [3.05, 3.63) is 59.7 Å². The summed E-state index contributed by atoms with van der Waals surface area (Å²) in [5.74, 6) is -1.26. The van der Waals surface area contributed by atoms with E-state index >= 15 is 0 Å². The molecule has 1 fully saturated rings. The van der Waals surface area contributed by atoms with Crippen LogP contribution in [-0.4, -0.2) is 54.3 Å². The van der Waals surface area contributed by atoms with Gasteiger partial charge in [-0.05, 0) is 36.4 Å². The van der Waals surface area contributed by atoms with Crippen molar-refractivity contribution in [2.75, 3.05) is 43.6 Å². The molecule has 0 saturated carbocycles. The molecule has 1 N–H and O–H groups in total. The molecule has 166 valence electrons. The SMILES string of the molecule is COC(=O)c1ccc(Oc2nc(Nc3ccc(F)cc3F)nc(N3CCOCC3)n2)cc1. The number of ether oxygens (including phenoxy) is 3. The van der Waals surface area contributed by atoms with Crippen molar-refractivity contribution >= 4 is 23.6 Å². The van der Waals surface area contributed by atoms with Gasteiger partial charge >= 0.3 is 12.0 Å². The summed E-state index contributed by atoms with van der Waals surface area (Å²) in [4.78, 5) is 26.4. The van der Waals surface area contributed by atoms with E-state index in [-0.39, 0.29) is 17.6 Å². The zero-order valence-corrected chi connectivity index (χ0v) is 17.0. The number of halogens is 2. The predicted molar refractivity (Wildman–Crippen MR) is 110 cm³/mol. The Labute approximate surface area is 182 Å². The van der Waals surface area contributed by atoms with Crippen molar-refractivity contribution in [3.63, 3.8) is 0 Å². The molecular formula is C21H19F2N5O4. The number of aromatic nitrogens is 3. The second kappa shape index (κ2) is 9.52. The van der Waals surface area contributed by atoms with Gasteiger partial charge in [0, 0.05) is 19.2 Å². The first-order chi connectivity index (χ1) is 15.5. The van der Waals surface area contributed by atoms with Crippen LogP contribution in [-0.2, 0) is 9.47 Å². The van der Waals surface area contributed by atoms with Gasteiger partial charge in [-0.2, -0.15) is 15.0 Å². The van der Waals surface area contributed by atoms with Gasteiger partial charge in [-0.1, -0.05) is 0 Å². The number of benzene rings is 2. The highest BCUT2D eigenvalue weighted by molar-refractivity contribution is 5.89. The van der Waals surface area contributed by atoms with Crippen LogP contribution in [0, 0.1) is 11.6 Å². The van der Waals surface area contributed by atoms with Crippen LogP contribution in [0.5, 0.6) is 11.8 Å². The molecular weight excluding hydrogens is 424 g/mol. The molecule has 1 saturated heterocycles.